The lowest BCUT2D eigenvalue weighted by molar-refractivity contribution is 0.388. The molecule has 0 unspecified atom stereocenters. The van der Waals surface area contributed by atoms with Gasteiger partial charge in [-0.2, -0.15) is 0 Å². The second-order valence-corrected chi connectivity index (χ2v) is 4.11. The van der Waals surface area contributed by atoms with Crippen LogP contribution in [0, 0.1) is 6.92 Å². The number of nitrogens with zero attached hydrogens (tertiary/aromatic N) is 3. The number of hydrogen-bond acceptors (Lipinski definition) is 4. The summed E-state index contributed by atoms with van der Waals surface area (Å²) < 4.78 is 7.17. The summed E-state index contributed by atoms with van der Waals surface area (Å²) in [5.74, 6) is 0.845. The van der Waals surface area contributed by atoms with E-state index < -0.39 is 0 Å². The summed E-state index contributed by atoms with van der Waals surface area (Å²) in [6.45, 7) is 6.59. The van der Waals surface area contributed by atoms with Gasteiger partial charge < -0.3 is 14.4 Å². The van der Waals surface area contributed by atoms with Crippen LogP contribution in [0.1, 0.15) is 30.5 Å². The van der Waals surface area contributed by atoms with E-state index in [0.717, 1.165) is 31.0 Å². The summed E-state index contributed by atoms with van der Waals surface area (Å²) >= 11 is 0. The average Bonchev–Trinajstić information content (AvgIpc) is 2.90. The van der Waals surface area contributed by atoms with Crippen LogP contribution in [0.4, 0.5) is 0 Å². The van der Waals surface area contributed by atoms with Gasteiger partial charge in [-0.1, -0.05) is 12.1 Å². The third kappa shape index (κ3) is 3.17. The predicted molar refractivity (Wildman–Crippen MR) is 64.3 cm³/mol. The van der Waals surface area contributed by atoms with Crippen LogP contribution in [-0.4, -0.2) is 14.7 Å². The highest BCUT2D eigenvalue weighted by Crippen LogP contribution is 2.03. The zero-order valence-corrected chi connectivity index (χ0v) is 10.3. The number of aryl methyl sites for hydroxylation is 2. The standard InChI is InChI=1S/C12H18N4O/c1-3-4-16-9-14-8-12(16)7-13-6-11-5-10(2)17-15-11/h5,8-9,13H,3-4,6-7H2,1-2H3. The minimum atomic E-state index is 0.717. The molecule has 0 aliphatic heterocycles. The molecule has 0 atom stereocenters. The molecule has 5 nitrogen and oxygen atoms in total. The Morgan fingerprint density at radius 1 is 1.41 bits per heavy atom. The van der Waals surface area contributed by atoms with Crippen molar-refractivity contribution < 1.29 is 4.52 Å². The molecule has 2 aromatic heterocycles. The van der Waals surface area contributed by atoms with Gasteiger partial charge in [-0.25, -0.2) is 4.98 Å². The molecule has 17 heavy (non-hydrogen) atoms. The van der Waals surface area contributed by atoms with Crippen molar-refractivity contribution in [2.75, 3.05) is 0 Å². The lowest BCUT2D eigenvalue weighted by Crippen LogP contribution is -2.15. The Morgan fingerprint density at radius 2 is 2.29 bits per heavy atom. The molecule has 0 aromatic carbocycles. The Hall–Kier alpha value is -1.62. The van der Waals surface area contributed by atoms with E-state index in [0.29, 0.717) is 6.54 Å². The number of aromatic nitrogens is 3. The number of rotatable bonds is 6. The van der Waals surface area contributed by atoms with E-state index in [1.54, 1.807) is 0 Å². The highest BCUT2D eigenvalue weighted by atomic mass is 16.5. The predicted octanol–water partition coefficient (Wildman–Crippen LogP) is 1.88. The lowest BCUT2D eigenvalue weighted by atomic mass is 10.3. The van der Waals surface area contributed by atoms with Crippen molar-refractivity contribution in [1.82, 2.24) is 20.0 Å². The molecule has 5 heteroatoms. The highest BCUT2D eigenvalue weighted by Gasteiger charge is 2.02. The van der Waals surface area contributed by atoms with E-state index in [2.05, 4.69) is 26.9 Å². The Kier molecular flexibility index (Phi) is 3.93. The summed E-state index contributed by atoms with van der Waals surface area (Å²) in [4.78, 5) is 4.16. The Bertz CT molecular complexity index is 461. The van der Waals surface area contributed by atoms with Gasteiger partial charge >= 0.3 is 0 Å². The summed E-state index contributed by atoms with van der Waals surface area (Å²) in [5.41, 5.74) is 2.14. The van der Waals surface area contributed by atoms with Gasteiger partial charge in [0.25, 0.3) is 0 Å². The summed E-state index contributed by atoms with van der Waals surface area (Å²) in [7, 11) is 0. The van der Waals surface area contributed by atoms with E-state index in [1.165, 1.54) is 5.69 Å². The zero-order chi connectivity index (χ0) is 12.1. The molecule has 0 saturated carbocycles. The third-order valence-electron chi connectivity index (χ3n) is 2.55. The first-order chi connectivity index (χ1) is 8.29. The van der Waals surface area contributed by atoms with Crippen molar-refractivity contribution in [1.29, 1.82) is 0 Å². The van der Waals surface area contributed by atoms with Gasteiger partial charge in [-0.05, 0) is 13.3 Å². The molecule has 2 aromatic rings. The first-order valence-corrected chi connectivity index (χ1v) is 5.91. The Balaban J connectivity index is 1.83. The third-order valence-corrected chi connectivity index (χ3v) is 2.55. The van der Waals surface area contributed by atoms with Crippen LogP contribution < -0.4 is 5.32 Å². The molecule has 0 bridgehead atoms. The molecule has 0 radical (unpaired) electrons. The Morgan fingerprint density at radius 3 is 3.00 bits per heavy atom. The molecule has 0 spiro atoms. The van der Waals surface area contributed by atoms with Gasteiger partial charge in [-0.3, -0.25) is 0 Å². The molecule has 1 N–H and O–H groups in total. The van der Waals surface area contributed by atoms with Crippen LogP contribution in [0.2, 0.25) is 0 Å². The molecule has 2 heterocycles. The van der Waals surface area contributed by atoms with Crippen LogP contribution in [0.25, 0.3) is 0 Å². The molecule has 92 valence electrons. The number of imidazole rings is 1. The van der Waals surface area contributed by atoms with Crippen molar-refractivity contribution in [2.24, 2.45) is 0 Å². The van der Waals surface area contributed by atoms with Gasteiger partial charge in [-0.15, -0.1) is 0 Å². The molecule has 0 saturated heterocycles. The molecule has 0 aliphatic rings. The quantitative estimate of drug-likeness (QED) is 0.829. The van der Waals surface area contributed by atoms with Crippen LogP contribution in [0.15, 0.2) is 23.1 Å². The van der Waals surface area contributed by atoms with Gasteiger partial charge in [0, 0.05) is 31.9 Å². The van der Waals surface area contributed by atoms with Gasteiger partial charge in [0.2, 0.25) is 0 Å². The maximum Gasteiger partial charge on any atom is 0.133 e. The molecule has 0 aliphatic carbocycles. The highest BCUT2D eigenvalue weighted by molar-refractivity contribution is 5.04. The van der Waals surface area contributed by atoms with E-state index in [4.69, 9.17) is 4.52 Å². The second kappa shape index (κ2) is 5.63. The monoisotopic (exact) mass is 234 g/mol. The van der Waals surface area contributed by atoms with Crippen molar-refractivity contribution in [3.05, 3.63) is 35.7 Å². The maximum absolute atomic E-state index is 5.01. The number of nitrogens with one attached hydrogen (secondary N) is 1. The Labute approximate surface area is 101 Å². The SMILES string of the molecule is CCCn1cncc1CNCc1cc(C)on1. The first kappa shape index (κ1) is 11.9. The molecule has 0 amide bonds. The van der Waals surface area contributed by atoms with E-state index in [9.17, 15) is 0 Å². The minimum Gasteiger partial charge on any atom is -0.361 e. The zero-order valence-electron chi connectivity index (χ0n) is 10.3. The topological polar surface area (TPSA) is 55.9 Å². The number of hydrogen-bond donors (Lipinski definition) is 1. The van der Waals surface area contributed by atoms with Crippen molar-refractivity contribution >= 4 is 0 Å². The van der Waals surface area contributed by atoms with Crippen molar-refractivity contribution in [3.8, 4) is 0 Å². The van der Waals surface area contributed by atoms with E-state index in [-0.39, 0.29) is 0 Å². The fraction of sp³-hybridized carbons (Fsp3) is 0.500. The largest absolute Gasteiger partial charge is 0.361 e. The summed E-state index contributed by atoms with van der Waals surface area (Å²) in [6.07, 6.45) is 4.89. The van der Waals surface area contributed by atoms with Crippen LogP contribution in [0.3, 0.4) is 0 Å². The summed E-state index contributed by atoms with van der Waals surface area (Å²) in [6, 6.07) is 1.94. The van der Waals surface area contributed by atoms with E-state index in [1.807, 2.05) is 25.5 Å². The fourth-order valence-electron chi connectivity index (χ4n) is 1.76. The van der Waals surface area contributed by atoms with Crippen LogP contribution in [-0.2, 0) is 19.6 Å². The molecule has 0 fully saturated rings. The first-order valence-electron chi connectivity index (χ1n) is 5.91. The fourth-order valence-corrected chi connectivity index (χ4v) is 1.76. The van der Waals surface area contributed by atoms with E-state index >= 15 is 0 Å². The van der Waals surface area contributed by atoms with Gasteiger partial charge in [0.05, 0.1) is 17.7 Å². The summed E-state index contributed by atoms with van der Waals surface area (Å²) in [5, 5.41) is 7.27. The lowest BCUT2D eigenvalue weighted by Gasteiger charge is -2.06. The van der Waals surface area contributed by atoms with Gasteiger partial charge in [0.1, 0.15) is 5.76 Å². The minimum absolute atomic E-state index is 0.717. The molecular weight excluding hydrogens is 216 g/mol. The maximum atomic E-state index is 5.01. The molecule has 2 rings (SSSR count). The van der Waals surface area contributed by atoms with Crippen LogP contribution >= 0.6 is 0 Å². The smallest absolute Gasteiger partial charge is 0.133 e. The average molecular weight is 234 g/mol. The van der Waals surface area contributed by atoms with Crippen molar-refractivity contribution in [3.63, 3.8) is 0 Å². The van der Waals surface area contributed by atoms with Crippen molar-refractivity contribution in [2.45, 2.75) is 39.9 Å². The van der Waals surface area contributed by atoms with Gasteiger partial charge in [0.15, 0.2) is 0 Å². The second-order valence-electron chi connectivity index (χ2n) is 4.11. The normalized spacial score (nSPS) is 10.9. The molecular formula is C12H18N4O. The van der Waals surface area contributed by atoms with Crippen LogP contribution in [0.5, 0.6) is 0 Å².